The van der Waals surface area contributed by atoms with Gasteiger partial charge in [0.2, 0.25) is 15.9 Å². The number of carboxylic acids is 1. The van der Waals surface area contributed by atoms with Gasteiger partial charge in [-0.1, -0.05) is 6.92 Å². The lowest BCUT2D eigenvalue weighted by Gasteiger charge is -2.12. The number of aliphatic carboxylic acids is 1. The molecule has 21 heavy (non-hydrogen) atoms. The molecule has 0 fully saturated rings. The number of rotatable bonds is 8. The molecular formula is C11H17N3O5S2. The van der Waals surface area contributed by atoms with Crippen molar-refractivity contribution in [2.24, 2.45) is 0 Å². The topological polar surface area (TPSA) is 125 Å². The molecule has 0 radical (unpaired) electrons. The van der Waals surface area contributed by atoms with Gasteiger partial charge in [-0.2, -0.15) is 0 Å². The maximum absolute atomic E-state index is 11.8. The van der Waals surface area contributed by atoms with Gasteiger partial charge in [-0.05, 0) is 13.3 Å². The number of anilines is 1. The van der Waals surface area contributed by atoms with Crippen molar-refractivity contribution in [1.29, 1.82) is 0 Å². The highest BCUT2D eigenvalue weighted by Crippen LogP contribution is 2.16. The van der Waals surface area contributed by atoms with E-state index in [1.807, 2.05) is 0 Å². The van der Waals surface area contributed by atoms with Crippen molar-refractivity contribution in [3.05, 3.63) is 11.1 Å². The van der Waals surface area contributed by atoms with E-state index >= 15 is 0 Å². The Morgan fingerprint density at radius 3 is 2.71 bits per heavy atom. The summed E-state index contributed by atoms with van der Waals surface area (Å²) in [5.74, 6) is -1.62. The molecule has 0 saturated carbocycles. The molecule has 1 atom stereocenters. The van der Waals surface area contributed by atoms with E-state index in [1.165, 1.54) is 12.3 Å². The first-order chi connectivity index (χ1) is 9.73. The number of hydrogen-bond acceptors (Lipinski definition) is 6. The average molecular weight is 335 g/mol. The second kappa shape index (κ2) is 7.48. The molecular weight excluding hydrogens is 318 g/mol. The minimum absolute atomic E-state index is 0.0510. The normalized spacial score (nSPS) is 12.9. The molecule has 1 heterocycles. The van der Waals surface area contributed by atoms with Crippen LogP contribution in [0.1, 0.15) is 26.0 Å². The second-order valence-electron chi connectivity index (χ2n) is 4.36. The van der Waals surface area contributed by atoms with Crippen LogP contribution in [0.2, 0.25) is 0 Å². The summed E-state index contributed by atoms with van der Waals surface area (Å²) in [5.41, 5.74) is 0.335. The Morgan fingerprint density at radius 1 is 1.48 bits per heavy atom. The van der Waals surface area contributed by atoms with Crippen molar-refractivity contribution in [3.8, 4) is 0 Å². The van der Waals surface area contributed by atoms with Crippen LogP contribution in [0.5, 0.6) is 0 Å². The molecule has 1 aromatic rings. The van der Waals surface area contributed by atoms with E-state index in [1.54, 1.807) is 6.92 Å². The molecule has 0 aliphatic rings. The van der Waals surface area contributed by atoms with E-state index in [9.17, 15) is 18.0 Å². The maximum atomic E-state index is 11.8. The van der Waals surface area contributed by atoms with Crippen LogP contribution in [0, 0.1) is 0 Å². The number of thiazole rings is 1. The highest BCUT2D eigenvalue weighted by Gasteiger charge is 2.20. The molecule has 0 aliphatic carbocycles. The number of carboxylic acid groups (broad SMARTS) is 1. The third kappa shape index (κ3) is 6.19. The van der Waals surface area contributed by atoms with Crippen molar-refractivity contribution in [2.45, 2.75) is 32.7 Å². The average Bonchev–Trinajstić information content (AvgIpc) is 2.74. The summed E-state index contributed by atoms with van der Waals surface area (Å²) < 4.78 is 25.4. The van der Waals surface area contributed by atoms with Crippen molar-refractivity contribution < 1.29 is 23.1 Å². The standard InChI is InChI=1S/C11H17N3O5S2/c1-3-4-21(18,19)14-7(2)10(17)13-11-12-8(6-20-11)5-9(15)16/h6-7,14H,3-5H2,1-2H3,(H,15,16)(H,12,13,17). The lowest BCUT2D eigenvalue weighted by Crippen LogP contribution is -2.42. The minimum atomic E-state index is -3.48. The summed E-state index contributed by atoms with van der Waals surface area (Å²) in [6.07, 6.45) is 0.222. The minimum Gasteiger partial charge on any atom is -0.481 e. The van der Waals surface area contributed by atoms with Crippen LogP contribution in [-0.4, -0.2) is 42.2 Å². The fourth-order valence-electron chi connectivity index (χ4n) is 1.46. The van der Waals surface area contributed by atoms with Gasteiger partial charge >= 0.3 is 5.97 Å². The predicted molar refractivity (Wildman–Crippen MR) is 78.8 cm³/mol. The Labute approximate surface area is 126 Å². The number of hydrogen-bond donors (Lipinski definition) is 3. The van der Waals surface area contributed by atoms with Crippen LogP contribution < -0.4 is 10.0 Å². The third-order valence-corrected chi connectivity index (χ3v) is 4.80. The van der Waals surface area contributed by atoms with Gasteiger partial charge in [0.1, 0.15) is 0 Å². The number of nitrogens with zero attached hydrogens (tertiary/aromatic N) is 1. The van der Waals surface area contributed by atoms with E-state index in [2.05, 4.69) is 15.0 Å². The number of aromatic nitrogens is 1. The predicted octanol–water partition coefficient (Wildman–Crippen LogP) is 0.427. The molecule has 8 nitrogen and oxygen atoms in total. The summed E-state index contributed by atoms with van der Waals surface area (Å²) >= 11 is 1.08. The largest absolute Gasteiger partial charge is 0.481 e. The Balaban J connectivity index is 2.60. The number of nitrogens with one attached hydrogen (secondary N) is 2. The molecule has 0 spiro atoms. The highest BCUT2D eigenvalue weighted by molar-refractivity contribution is 7.89. The molecule has 1 unspecified atom stereocenters. The molecule has 0 aromatic carbocycles. The maximum Gasteiger partial charge on any atom is 0.309 e. The van der Waals surface area contributed by atoms with Crippen LogP contribution in [0.15, 0.2) is 5.38 Å². The van der Waals surface area contributed by atoms with Gasteiger partial charge in [-0.3, -0.25) is 9.59 Å². The summed E-state index contributed by atoms with van der Waals surface area (Å²) in [6, 6.07) is -0.937. The molecule has 10 heteroatoms. The Bertz CT molecular complexity index is 611. The lowest BCUT2D eigenvalue weighted by molar-refractivity contribution is -0.136. The van der Waals surface area contributed by atoms with E-state index in [0.29, 0.717) is 12.1 Å². The Kier molecular flexibility index (Phi) is 6.24. The van der Waals surface area contributed by atoms with Crippen LogP contribution in [0.25, 0.3) is 0 Å². The molecule has 0 aliphatic heterocycles. The van der Waals surface area contributed by atoms with E-state index in [4.69, 9.17) is 5.11 Å². The SMILES string of the molecule is CCCS(=O)(=O)NC(C)C(=O)Nc1nc(CC(=O)O)cs1. The molecule has 3 N–H and O–H groups in total. The van der Waals surface area contributed by atoms with Crippen molar-refractivity contribution in [3.63, 3.8) is 0 Å². The van der Waals surface area contributed by atoms with Crippen LogP contribution >= 0.6 is 11.3 Å². The van der Waals surface area contributed by atoms with Gasteiger partial charge in [-0.15, -0.1) is 11.3 Å². The van der Waals surface area contributed by atoms with Crippen molar-refractivity contribution in [1.82, 2.24) is 9.71 Å². The monoisotopic (exact) mass is 335 g/mol. The highest BCUT2D eigenvalue weighted by atomic mass is 32.2. The number of amides is 1. The van der Waals surface area contributed by atoms with Gasteiger partial charge in [0.05, 0.1) is 23.9 Å². The summed E-state index contributed by atoms with van der Waals surface area (Å²) in [4.78, 5) is 26.3. The fourth-order valence-corrected chi connectivity index (χ4v) is 3.48. The van der Waals surface area contributed by atoms with Crippen LogP contribution in [0.4, 0.5) is 5.13 Å². The van der Waals surface area contributed by atoms with E-state index in [-0.39, 0.29) is 17.3 Å². The van der Waals surface area contributed by atoms with Crippen LogP contribution in [-0.2, 0) is 26.0 Å². The van der Waals surface area contributed by atoms with Gasteiger partial charge in [-0.25, -0.2) is 18.1 Å². The van der Waals surface area contributed by atoms with Crippen molar-refractivity contribution >= 4 is 38.4 Å². The molecule has 1 amide bonds. The molecule has 0 saturated heterocycles. The Morgan fingerprint density at radius 2 is 2.14 bits per heavy atom. The zero-order chi connectivity index (χ0) is 16.0. The zero-order valence-electron chi connectivity index (χ0n) is 11.6. The smallest absolute Gasteiger partial charge is 0.309 e. The number of sulfonamides is 1. The molecule has 0 bridgehead atoms. The van der Waals surface area contributed by atoms with E-state index < -0.39 is 27.9 Å². The number of carbonyl (C=O) groups excluding carboxylic acids is 1. The first-order valence-electron chi connectivity index (χ1n) is 6.20. The summed E-state index contributed by atoms with van der Waals surface area (Å²) in [5, 5.41) is 12.8. The van der Waals surface area contributed by atoms with Gasteiger partial charge in [0.15, 0.2) is 5.13 Å². The number of carbonyl (C=O) groups is 2. The van der Waals surface area contributed by atoms with E-state index in [0.717, 1.165) is 11.3 Å². The second-order valence-corrected chi connectivity index (χ2v) is 7.09. The summed E-state index contributed by atoms with van der Waals surface area (Å²) in [7, 11) is -3.48. The van der Waals surface area contributed by atoms with Gasteiger partial charge in [0, 0.05) is 5.38 Å². The first-order valence-corrected chi connectivity index (χ1v) is 8.73. The summed E-state index contributed by atoms with van der Waals surface area (Å²) in [6.45, 7) is 3.15. The molecule has 1 aromatic heterocycles. The van der Waals surface area contributed by atoms with Crippen molar-refractivity contribution in [2.75, 3.05) is 11.1 Å². The first kappa shape index (κ1) is 17.5. The molecule has 1 rings (SSSR count). The molecule has 118 valence electrons. The lowest BCUT2D eigenvalue weighted by atomic mass is 10.3. The zero-order valence-corrected chi connectivity index (χ0v) is 13.3. The van der Waals surface area contributed by atoms with Gasteiger partial charge < -0.3 is 10.4 Å². The third-order valence-electron chi connectivity index (χ3n) is 2.34. The van der Waals surface area contributed by atoms with Gasteiger partial charge in [0.25, 0.3) is 0 Å². The Hall–Kier alpha value is -1.52. The quantitative estimate of drug-likeness (QED) is 0.632. The van der Waals surface area contributed by atoms with Crippen LogP contribution in [0.3, 0.4) is 0 Å². The fraction of sp³-hybridized carbons (Fsp3) is 0.545.